The van der Waals surface area contributed by atoms with Gasteiger partial charge in [-0.3, -0.25) is 0 Å². The third kappa shape index (κ3) is 3.30. The Bertz CT molecular complexity index is 766. The topological polar surface area (TPSA) is 92.2 Å². The summed E-state index contributed by atoms with van der Waals surface area (Å²) in [6.45, 7) is 0. The maximum Gasteiger partial charge on any atom is 0.224 e. The zero-order chi connectivity index (χ0) is 14.9. The summed E-state index contributed by atoms with van der Waals surface area (Å²) < 4.78 is 23.4. The molecule has 0 aliphatic heterocycles. The maximum atomic E-state index is 11.7. The first-order valence-electron chi connectivity index (χ1n) is 5.25. The molecular weight excluding hydrogens is 325 g/mol. The number of benzene rings is 1. The summed E-state index contributed by atoms with van der Waals surface area (Å²) in [5, 5.41) is 12.3. The monoisotopic (exact) mass is 333 g/mol. The second-order valence-corrected chi connectivity index (χ2v) is 6.64. The molecule has 1 aromatic heterocycles. The van der Waals surface area contributed by atoms with E-state index in [1.165, 1.54) is 18.3 Å². The zero-order valence-electron chi connectivity index (χ0n) is 10.1. The maximum absolute atomic E-state index is 11.7. The molecule has 2 N–H and O–H groups in total. The minimum Gasteiger partial charge on any atom is -0.508 e. The van der Waals surface area contributed by atoms with Gasteiger partial charge in [0.1, 0.15) is 10.8 Å². The normalized spacial score (nSPS) is 11.3. The Morgan fingerprint density at radius 2 is 2.00 bits per heavy atom. The van der Waals surface area contributed by atoms with Gasteiger partial charge < -0.3 is 10.4 Å². The summed E-state index contributed by atoms with van der Waals surface area (Å²) in [5.41, 5.74) is 0.224. The highest BCUT2D eigenvalue weighted by Crippen LogP contribution is 2.30. The molecule has 0 saturated carbocycles. The fourth-order valence-corrected chi connectivity index (χ4v) is 2.61. The van der Waals surface area contributed by atoms with Crippen LogP contribution >= 0.6 is 23.2 Å². The van der Waals surface area contributed by atoms with Crippen molar-refractivity contribution < 1.29 is 13.5 Å². The summed E-state index contributed by atoms with van der Waals surface area (Å²) >= 11 is 11.6. The van der Waals surface area contributed by atoms with E-state index in [4.69, 9.17) is 23.2 Å². The molecule has 0 aliphatic carbocycles. The molecule has 9 heteroatoms. The van der Waals surface area contributed by atoms with Crippen LogP contribution in [0, 0.1) is 0 Å². The smallest absolute Gasteiger partial charge is 0.224 e. The molecule has 0 fully saturated rings. The van der Waals surface area contributed by atoms with Crippen molar-refractivity contribution in [2.75, 3.05) is 11.6 Å². The quantitative estimate of drug-likeness (QED) is 0.662. The second kappa shape index (κ2) is 5.43. The lowest BCUT2D eigenvalue weighted by Crippen LogP contribution is -2.04. The molecular formula is C11H9Cl2N3O3S. The fraction of sp³-hybridized carbons (Fsp3) is 0.0909. The first-order valence-corrected chi connectivity index (χ1v) is 7.90. The number of aromatic hydroxyl groups is 1. The van der Waals surface area contributed by atoms with Crippen LogP contribution in [0.4, 0.5) is 11.5 Å². The molecule has 0 bridgehead atoms. The Hall–Kier alpha value is -1.57. The highest BCUT2D eigenvalue weighted by molar-refractivity contribution is 7.90. The number of hydrogen-bond acceptors (Lipinski definition) is 6. The van der Waals surface area contributed by atoms with Gasteiger partial charge in [0.25, 0.3) is 0 Å². The lowest BCUT2D eigenvalue weighted by molar-refractivity contribution is 0.473. The van der Waals surface area contributed by atoms with Crippen LogP contribution in [0.3, 0.4) is 0 Å². The predicted molar refractivity (Wildman–Crippen MR) is 76.6 cm³/mol. The molecule has 0 unspecified atom stereocenters. The van der Waals surface area contributed by atoms with E-state index in [-0.39, 0.29) is 32.5 Å². The SMILES string of the molecule is CS(=O)(=O)c1cc(O)ccc1Nc1nc(Cl)ncc1Cl. The third-order valence-electron chi connectivity index (χ3n) is 2.33. The minimum absolute atomic E-state index is 0.0309. The van der Waals surface area contributed by atoms with Gasteiger partial charge >= 0.3 is 0 Å². The number of phenolic OH excluding ortho intramolecular Hbond substituents is 1. The molecule has 6 nitrogen and oxygen atoms in total. The first kappa shape index (κ1) is 14.8. The molecule has 1 aromatic carbocycles. The van der Waals surface area contributed by atoms with E-state index in [0.29, 0.717) is 0 Å². The number of rotatable bonds is 3. The lowest BCUT2D eigenvalue weighted by Gasteiger charge is -2.11. The number of sulfone groups is 1. The Morgan fingerprint density at radius 1 is 1.30 bits per heavy atom. The zero-order valence-corrected chi connectivity index (χ0v) is 12.5. The Kier molecular flexibility index (Phi) is 4.03. The number of halogens is 2. The molecule has 0 spiro atoms. The average molecular weight is 334 g/mol. The van der Waals surface area contributed by atoms with Crippen LogP contribution in [-0.4, -0.2) is 29.7 Å². The average Bonchev–Trinajstić information content (AvgIpc) is 2.34. The van der Waals surface area contributed by atoms with Crippen molar-refractivity contribution in [1.82, 2.24) is 9.97 Å². The van der Waals surface area contributed by atoms with E-state index in [1.807, 2.05) is 0 Å². The van der Waals surface area contributed by atoms with Gasteiger partial charge in [-0.2, -0.15) is 4.98 Å². The van der Waals surface area contributed by atoms with Crippen molar-refractivity contribution >= 4 is 44.5 Å². The van der Waals surface area contributed by atoms with Crippen LogP contribution in [0.25, 0.3) is 0 Å². The molecule has 0 radical (unpaired) electrons. The van der Waals surface area contributed by atoms with Crippen LogP contribution in [-0.2, 0) is 9.84 Å². The van der Waals surface area contributed by atoms with E-state index in [0.717, 1.165) is 12.3 Å². The predicted octanol–water partition coefficient (Wildman–Crippen LogP) is 2.64. The first-order chi connectivity index (χ1) is 9.27. The van der Waals surface area contributed by atoms with Crippen LogP contribution in [0.15, 0.2) is 29.3 Å². The largest absolute Gasteiger partial charge is 0.508 e. The summed E-state index contributed by atoms with van der Waals surface area (Å²) in [6, 6.07) is 3.88. The van der Waals surface area contributed by atoms with E-state index >= 15 is 0 Å². The van der Waals surface area contributed by atoms with Crippen LogP contribution in [0.1, 0.15) is 0 Å². The van der Waals surface area contributed by atoms with Crippen LogP contribution in [0.2, 0.25) is 10.3 Å². The number of anilines is 2. The highest BCUT2D eigenvalue weighted by atomic mass is 35.5. The summed E-state index contributed by atoms with van der Waals surface area (Å²) in [4.78, 5) is 7.48. The van der Waals surface area contributed by atoms with Crippen molar-refractivity contribution in [2.24, 2.45) is 0 Å². The van der Waals surface area contributed by atoms with Crippen molar-refractivity contribution in [1.29, 1.82) is 0 Å². The molecule has 0 aliphatic rings. The minimum atomic E-state index is -3.54. The number of nitrogens with zero attached hydrogens (tertiary/aromatic N) is 2. The Labute approximate surface area is 125 Å². The van der Waals surface area contributed by atoms with Crippen molar-refractivity contribution in [3.05, 3.63) is 34.7 Å². The molecule has 106 valence electrons. The van der Waals surface area contributed by atoms with Gasteiger partial charge in [-0.05, 0) is 23.7 Å². The van der Waals surface area contributed by atoms with Gasteiger partial charge in [0.2, 0.25) is 5.28 Å². The molecule has 0 atom stereocenters. The van der Waals surface area contributed by atoms with E-state index in [9.17, 15) is 13.5 Å². The van der Waals surface area contributed by atoms with E-state index in [1.54, 1.807) is 0 Å². The van der Waals surface area contributed by atoms with Gasteiger partial charge in [0, 0.05) is 12.3 Å². The van der Waals surface area contributed by atoms with Crippen LogP contribution < -0.4 is 5.32 Å². The standard InChI is InChI=1S/C11H9Cl2N3O3S/c1-20(18,19)9-4-6(17)2-3-8(9)15-10-7(12)5-14-11(13)16-10/h2-5,17H,1H3,(H,14,15,16). The van der Waals surface area contributed by atoms with Gasteiger partial charge in [0.15, 0.2) is 15.7 Å². The van der Waals surface area contributed by atoms with Crippen molar-refractivity contribution in [3.63, 3.8) is 0 Å². The van der Waals surface area contributed by atoms with E-state index < -0.39 is 9.84 Å². The molecule has 20 heavy (non-hydrogen) atoms. The number of hydrogen-bond donors (Lipinski definition) is 2. The number of aromatic nitrogens is 2. The Morgan fingerprint density at radius 3 is 2.65 bits per heavy atom. The van der Waals surface area contributed by atoms with E-state index in [2.05, 4.69) is 15.3 Å². The highest BCUT2D eigenvalue weighted by Gasteiger charge is 2.16. The van der Waals surface area contributed by atoms with Gasteiger partial charge in [-0.25, -0.2) is 13.4 Å². The molecule has 0 amide bonds. The second-order valence-electron chi connectivity index (χ2n) is 3.91. The number of phenols is 1. The summed E-state index contributed by atoms with van der Waals surface area (Å²) in [7, 11) is -3.54. The molecule has 1 heterocycles. The third-order valence-corrected chi connectivity index (χ3v) is 3.93. The van der Waals surface area contributed by atoms with Crippen molar-refractivity contribution in [2.45, 2.75) is 4.90 Å². The van der Waals surface area contributed by atoms with Gasteiger partial charge in [0.05, 0.1) is 16.8 Å². The fourth-order valence-electron chi connectivity index (χ4n) is 1.48. The van der Waals surface area contributed by atoms with Gasteiger partial charge in [-0.1, -0.05) is 11.6 Å². The summed E-state index contributed by atoms with van der Waals surface area (Å²) in [6.07, 6.45) is 2.32. The lowest BCUT2D eigenvalue weighted by atomic mass is 10.3. The van der Waals surface area contributed by atoms with Crippen LogP contribution in [0.5, 0.6) is 5.75 Å². The molecule has 0 saturated heterocycles. The summed E-state index contributed by atoms with van der Waals surface area (Å²) in [5.74, 6) is 0.00467. The molecule has 2 aromatic rings. The number of nitrogens with one attached hydrogen (secondary N) is 1. The Balaban J connectivity index is 2.52. The van der Waals surface area contributed by atoms with Gasteiger partial charge in [-0.15, -0.1) is 0 Å². The van der Waals surface area contributed by atoms with Crippen molar-refractivity contribution in [3.8, 4) is 5.75 Å². The molecule has 2 rings (SSSR count).